The summed E-state index contributed by atoms with van der Waals surface area (Å²) >= 11 is 0. The van der Waals surface area contributed by atoms with Gasteiger partial charge in [0.05, 0.1) is 16.8 Å². The molecule has 2 aromatic rings. The minimum atomic E-state index is -4.46. The van der Waals surface area contributed by atoms with Crippen LogP contribution in [0.4, 0.5) is 18.9 Å². The summed E-state index contributed by atoms with van der Waals surface area (Å²) in [7, 11) is 0. The Balaban J connectivity index is 2.08. The van der Waals surface area contributed by atoms with Gasteiger partial charge in [0.1, 0.15) is 0 Å². The Morgan fingerprint density at radius 3 is 2.66 bits per heavy atom. The number of halogens is 3. The van der Waals surface area contributed by atoms with E-state index >= 15 is 0 Å². The molecule has 0 aromatic heterocycles. The smallest absolute Gasteiger partial charge is 0.333 e. The van der Waals surface area contributed by atoms with Crippen LogP contribution in [0, 0.1) is 6.92 Å². The van der Waals surface area contributed by atoms with E-state index in [4.69, 9.17) is 0 Å². The van der Waals surface area contributed by atoms with Gasteiger partial charge in [-0.1, -0.05) is 12.1 Å². The third-order valence-electron chi connectivity index (χ3n) is 5.10. The SMILES string of the molecule is Cc1ccc(C(F)(F)F)cc1-c1ccc(NC=O)c(C(=O)N2CCNCC2C)c1. The molecule has 2 aromatic carbocycles. The summed E-state index contributed by atoms with van der Waals surface area (Å²) in [6, 6.07) is 8.19. The van der Waals surface area contributed by atoms with Gasteiger partial charge in [0.2, 0.25) is 6.41 Å². The molecule has 29 heavy (non-hydrogen) atoms. The first-order chi connectivity index (χ1) is 13.7. The van der Waals surface area contributed by atoms with E-state index in [-0.39, 0.29) is 17.5 Å². The number of nitrogens with one attached hydrogen (secondary N) is 2. The van der Waals surface area contributed by atoms with Crippen molar-refractivity contribution in [3.05, 3.63) is 53.1 Å². The first kappa shape index (κ1) is 20.9. The van der Waals surface area contributed by atoms with Crippen molar-refractivity contribution >= 4 is 18.0 Å². The molecular weight excluding hydrogens is 383 g/mol. The average molecular weight is 405 g/mol. The molecule has 0 aliphatic carbocycles. The van der Waals surface area contributed by atoms with Crippen LogP contribution in [0.1, 0.15) is 28.4 Å². The number of anilines is 1. The third-order valence-corrected chi connectivity index (χ3v) is 5.10. The second-order valence-corrected chi connectivity index (χ2v) is 7.10. The molecule has 5 nitrogen and oxygen atoms in total. The minimum Gasteiger partial charge on any atom is -0.333 e. The lowest BCUT2D eigenvalue weighted by atomic mass is 9.95. The van der Waals surface area contributed by atoms with E-state index in [0.717, 1.165) is 12.1 Å². The lowest BCUT2D eigenvalue weighted by Gasteiger charge is -2.34. The molecule has 1 aliphatic heterocycles. The van der Waals surface area contributed by atoms with Crippen LogP contribution in [0.15, 0.2) is 36.4 Å². The topological polar surface area (TPSA) is 61.4 Å². The monoisotopic (exact) mass is 405 g/mol. The molecule has 1 saturated heterocycles. The highest BCUT2D eigenvalue weighted by molar-refractivity contribution is 6.02. The Bertz CT molecular complexity index is 928. The molecule has 1 heterocycles. The van der Waals surface area contributed by atoms with E-state index in [1.165, 1.54) is 6.07 Å². The van der Waals surface area contributed by atoms with Crippen LogP contribution >= 0.6 is 0 Å². The van der Waals surface area contributed by atoms with Crippen LogP contribution in [0.2, 0.25) is 0 Å². The number of nitrogens with zero attached hydrogens (tertiary/aromatic N) is 1. The van der Waals surface area contributed by atoms with Crippen LogP contribution in [-0.2, 0) is 11.0 Å². The first-order valence-electron chi connectivity index (χ1n) is 9.26. The summed E-state index contributed by atoms with van der Waals surface area (Å²) < 4.78 is 39.5. The molecule has 1 fully saturated rings. The second-order valence-electron chi connectivity index (χ2n) is 7.10. The van der Waals surface area contributed by atoms with E-state index in [2.05, 4.69) is 10.6 Å². The number of aryl methyl sites for hydroxylation is 1. The van der Waals surface area contributed by atoms with Gasteiger partial charge in [0, 0.05) is 25.7 Å². The quantitative estimate of drug-likeness (QED) is 0.763. The summed E-state index contributed by atoms with van der Waals surface area (Å²) in [5.41, 5.74) is 1.35. The Labute approximate surface area is 166 Å². The minimum absolute atomic E-state index is 0.0423. The van der Waals surface area contributed by atoms with Gasteiger partial charge >= 0.3 is 6.18 Å². The van der Waals surface area contributed by atoms with Gasteiger partial charge < -0.3 is 15.5 Å². The highest BCUT2D eigenvalue weighted by Crippen LogP contribution is 2.35. The molecule has 154 valence electrons. The van der Waals surface area contributed by atoms with E-state index in [1.807, 2.05) is 6.92 Å². The molecular formula is C21H22F3N3O2. The highest BCUT2D eigenvalue weighted by Gasteiger charge is 2.31. The Kier molecular flexibility index (Phi) is 5.93. The Morgan fingerprint density at radius 2 is 2.00 bits per heavy atom. The second kappa shape index (κ2) is 8.24. The van der Waals surface area contributed by atoms with E-state index < -0.39 is 11.7 Å². The number of rotatable bonds is 4. The Morgan fingerprint density at radius 1 is 1.24 bits per heavy atom. The standard InChI is InChI=1S/C21H22F3N3O2/c1-13-3-5-16(21(22,23)24)10-17(13)15-4-6-19(26-12-28)18(9-15)20(29)27-8-7-25-11-14(27)2/h3-6,9-10,12,14,25H,7-8,11H2,1-2H3,(H,26,28). The zero-order valence-electron chi connectivity index (χ0n) is 16.1. The number of piperazine rings is 1. The van der Waals surface area contributed by atoms with Gasteiger partial charge in [-0.05, 0) is 54.8 Å². The predicted octanol–water partition coefficient (Wildman–Crippen LogP) is 3.68. The molecule has 0 spiro atoms. The first-order valence-corrected chi connectivity index (χ1v) is 9.26. The zero-order valence-corrected chi connectivity index (χ0v) is 16.1. The normalized spacial score (nSPS) is 17.1. The molecule has 1 unspecified atom stereocenters. The maximum atomic E-state index is 13.2. The average Bonchev–Trinajstić information content (AvgIpc) is 2.68. The van der Waals surface area contributed by atoms with Crippen molar-refractivity contribution < 1.29 is 22.8 Å². The largest absolute Gasteiger partial charge is 0.416 e. The Hall–Kier alpha value is -2.87. The van der Waals surface area contributed by atoms with Crippen LogP contribution < -0.4 is 10.6 Å². The highest BCUT2D eigenvalue weighted by atomic mass is 19.4. The third kappa shape index (κ3) is 4.42. The summed E-state index contributed by atoms with van der Waals surface area (Å²) in [6.45, 7) is 5.44. The van der Waals surface area contributed by atoms with Crippen LogP contribution in [0.5, 0.6) is 0 Å². The number of benzene rings is 2. The van der Waals surface area contributed by atoms with Crippen molar-refractivity contribution in [2.24, 2.45) is 0 Å². The van der Waals surface area contributed by atoms with Crippen molar-refractivity contribution in [2.45, 2.75) is 26.1 Å². The van der Waals surface area contributed by atoms with Crippen LogP contribution in [-0.4, -0.2) is 42.9 Å². The van der Waals surface area contributed by atoms with Gasteiger partial charge in [-0.25, -0.2) is 0 Å². The van der Waals surface area contributed by atoms with E-state index in [1.54, 1.807) is 30.0 Å². The van der Waals surface area contributed by atoms with E-state index in [0.29, 0.717) is 48.4 Å². The number of carbonyl (C=O) groups is 2. The van der Waals surface area contributed by atoms with Crippen LogP contribution in [0.3, 0.4) is 0 Å². The summed E-state index contributed by atoms with van der Waals surface area (Å²) in [5, 5.41) is 5.72. The fourth-order valence-corrected chi connectivity index (χ4v) is 3.48. The predicted molar refractivity (Wildman–Crippen MR) is 105 cm³/mol. The van der Waals surface area contributed by atoms with Crippen molar-refractivity contribution in [1.29, 1.82) is 0 Å². The molecule has 3 rings (SSSR count). The molecule has 1 aliphatic rings. The summed E-state index contributed by atoms with van der Waals surface area (Å²) in [4.78, 5) is 25.8. The van der Waals surface area contributed by atoms with Gasteiger partial charge in [-0.2, -0.15) is 13.2 Å². The summed E-state index contributed by atoms with van der Waals surface area (Å²) in [5.74, 6) is -0.269. The molecule has 2 N–H and O–H groups in total. The molecule has 0 radical (unpaired) electrons. The van der Waals surface area contributed by atoms with Crippen molar-refractivity contribution in [2.75, 3.05) is 25.0 Å². The number of amides is 2. The van der Waals surface area contributed by atoms with Gasteiger partial charge in [0.25, 0.3) is 5.91 Å². The fourth-order valence-electron chi connectivity index (χ4n) is 3.48. The van der Waals surface area contributed by atoms with Crippen molar-refractivity contribution in [3.8, 4) is 11.1 Å². The molecule has 0 bridgehead atoms. The summed E-state index contributed by atoms with van der Waals surface area (Å²) in [6.07, 6.45) is -3.99. The lowest BCUT2D eigenvalue weighted by molar-refractivity contribution is -0.137. The number of hydrogen-bond acceptors (Lipinski definition) is 3. The zero-order chi connectivity index (χ0) is 21.2. The number of alkyl halides is 3. The van der Waals surface area contributed by atoms with Gasteiger partial charge in [-0.15, -0.1) is 0 Å². The number of carbonyl (C=O) groups excluding carboxylic acids is 2. The molecule has 2 amide bonds. The number of hydrogen-bond donors (Lipinski definition) is 2. The molecule has 8 heteroatoms. The molecule has 0 saturated carbocycles. The van der Waals surface area contributed by atoms with Crippen LogP contribution in [0.25, 0.3) is 11.1 Å². The van der Waals surface area contributed by atoms with Gasteiger partial charge in [0.15, 0.2) is 0 Å². The van der Waals surface area contributed by atoms with Crippen molar-refractivity contribution in [1.82, 2.24) is 10.2 Å². The maximum Gasteiger partial charge on any atom is 0.416 e. The van der Waals surface area contributed by atoms with Crippen molar-refractivity contribution in [3.63, 3.8) is 0 Å². The fraction of sp³-hybridized carbons (Fsp3) is 0.333. The van der Waals surface area contributed by atoms with E-state index in [9.17, 15) is 22.8 Å². The van der Waals surface area contributed by atoms with Gasteiger partial charge in [-0.3, -0.25) is 9.59 Å². The molecule has 1 atom stereocenters. The lowest BCUT2D eigenvalue weighted by Crippen LogP contribution is -2.52. The maximum absolute atomic E-state index is 13.2.